The lowest BCUT2D eigenvalue weighted by molar-refractivity contribution is 0.0519. The number of piperidine rings is 1. The van der Waals surface area contributed by atoms with Gasteiger partial charge in [0.05, 0.1) is 31.8 Å². The van der Waals surface area contributed by atoms with Crippen LogP contribution in [0, 0.1) is 26.7 Å². The normalized spacial score (nSPS) is 21.3. The molecule has 0 saturated carbocycles. The Morgan fingerprint density at radius 1 is 1.11 bits per heavy atom. The third-order valence-corrected chi connectivity index (χ3v) is 9.13. The zero-order chi connectivity index (χ0) is 24.8. The Bertz CT molecular complexity index is 1380. The fraction of sp³-hybridized carbons (Fsp3) is 0.462. The van der Waals surface area contributed by atoms with Gasteiger partial charge < -0.3 is 9.32 Å². The first-order chi connectivity index (χ1) is 17.4. The maximum atomic E-state index is 13.4. The van der Waals surface area contributed by atoms with Crippen LogP contribution in [0.3, 0.4) is 0 Å². The van der Waals surface area contributed by atoms with Gasteiger partial charge in [0.25, 0.3) is 5.91 Å². The second-order valence-electron chi connectivity index (χ2n) is 9.84. The molecule has 2 bridgehead atoms. The molecule has 4 aromatic heterocycles. The molecule has 0 radical (unpaired) electrons. The van der Waals surface area contributed by atoms with Crippen LogP contribution in [0.25, 0.3) is 10.6 Å². The van der Waals surface area contributed by atoms with Crippen molar-refractivity contribution in [1.82, 2.24) is 30.0 Å². The highest BCUT2D eigenvalue weighted by atomic mass is 32.1. The van der Waals surface area contributed by atoms with Gasteiger partial charge in [0.2, 0.25) is 11.8 Å². The third-order valence-electron chi connectivity index (χ3n) is 7.19. The van der Waals surface area contributed by atoms with Crippen molar-refractivity contribution in [3.63, 3.8) is 0 Å². The predicted molar refractivity (Wildman–Crippen MR) is 138 cm³/mol. The molecule has 186 valence electrons. The van der Waals surface area contributed by atoms with Crippen LogP contribution in [0.15, 0.2) is 28.1 Å². The molecule has 10 heteroatoms. The summed E-state index contributed by atoms with van der Waals surface area (Å²) in [6, 6.07) is 4.43. The Balaban J connectivity index is 1.10. The zero-order valence-corrected chi connectivity index (χ0v) is 22.2. The van der Waals surface area contributed by atoms with Crippen molar-refractivity contribution in [2.45, 2.75) is 71.4 Å². The minimum Gasteiger partial charge on any atom is -0.426 e. The molecular formula is C26H28N6O2S2. The molecule has 36 heavy (non-hydrogen) atoms. The van der Waals surface area contributed by atoms with Crippen molar-refractivity contribution in [2.75, 3.05) is 0 Å². The summed E-state index contributed by atoms with van der Waals surface area (Å²) in [7, 11) is 0. The first-order valence-corrected chi connectivity index (χ1v) is 14.1. The number of aryl methyl sites for hydroxylation is 3. The van der Waals surface area contributed by atoms with Crippen molar-refractivity contribution >= 4 is 28.6 Å². The van der Waals surface area contributed by atoms with Gasteiger partial charge in [-0.15, -0.1) is 32.9 Å². The molecule has 8 nitrogen and oxygen atoms in total. The zero-order valence-electron chi connectivity index (χ0n) is 20.6. The van der Waals surface area contributed by atoms with E-state index in [0.29, 0.717) is 29.7 Å². The summed E-state index contributed by atoms with van der Waals surface area (Å²) in [6.07, 6.45) is 7.28. The van der Waals surface area contributed by atoms with Gasteiger partial charge in [-0.05, 0) is 57.6 Å². The molecule has 2 saturated heterocycles. The SMILES string of the molecule is Cc1nnc(CC2C[C@H]3CC[C@@H](C2)N3C(=O)c2ccc(Cc3nc(-c4sc(C)nc4C)cs3)nc2)o1. The predicted octanol–water partition coefficient (Wildman–Crippen LogP) is 5.19. The number of carbonyl (C=O) groups is 1. The van der Waals surface area contributed by atoms with Gasteiger partial charge in [0.1, 0.15) is 0 Å². The van der Waals surface area contributed by atoms with Gasteiger partial charge in [-0.1, -0.05) is 0 Å². The summed E-state index contributed by atoms with van der Waals surface area (Å²) < 4.78 is 5.59. The average molecular weight is 521 g/mol. The molecule has 2 aliphatic heterocycles. The lowest BCUT2D eigenvalue weighted by Crippen LogP contribution is -2.47. The quantitative estimate of drug-likeness (QED) is 0.345. The number of hydrogen-bond donors (Lipinski definition) is 0. The fourth-order valence-electron chi connectivity index (χ4n) is 5.68. The Morgan fingerprint density at radius 3 is 2.56 bits per heavy atom. The van der Waals surface area contributed by atoms with Gasteiger partial charge in [-0.25, -0.2) is 9.97 Å². The molecule has 1 amide bonds. The molecule has 3 atom stereocenters. The van der Waals surface area contributed by atoms with E-state index in [9.17, 15) is 4.79 Å². The average Bonchev–Trinajstić information content (AvgIpc) is 3.61. The first-order valence-electron chi connectivity index (χ1n) is 12.4. The molecule has 6 rings (SSSR count). The number of carbonyl (C=O) groups excluding carboxylic acids is 1. The van der Waals surface area contributed by atoms with Crippen LogP contribution in [-0.2, 0) is 12.8 Å². The first kappa shape index (κ1) is 23.4. The van der Waals surface area contributed by atoms with Crippen LogP contribution in [0.4, 0.5) is 0 Å². The molecule has 0 N–H and O–H groups in total. The number of thiazole rings is 2. The van der Waals surface area contributed by atoms with Crippen molar-refractivity contribution in [3.8, 4) is 10.6 Å². The second-order valence-corrected chi connectivity index (χ2v) is 12.0. The van der Waals surface area contributed by atoms with Crippen molar-refractivity contribution in [2.24, 2.45) is 5.92 Å². The number of nitrogens with zero attached hydrogens (tertiary/aromatic N) is 6. The molecule has 0 aliphatic carbocycles. The second kappa shape index (κ2) is 9.48. The number of hydrogen-bond acceptors (Lipinski definition) is 9. The number of fused-ring (bicyclic) bond motifs is 2. The van der Waals surface area contributed by atoms with Crippen LogP contribution in [0.5, 0.6) is 0 Å². The van der Waals surface area contributed by atoms with Gasteiger partial charge >= 0.3 is 0 Å². The summed E-state index contributed by atoms with van der Waals surface area (Å²) in [6.45, 7) is 5.86. The molecule has 2 aliphatic rings. The maximum Gasteiger partial charge on any atom is 0.255 e. The fourth-order valence-corrected chi connectivity index (χ4v) is 7.44. The van der Waals surface area contributed by atoms with Crippen LogP contribution in [-0.4, -0.2) is 48.0 Å². The topological polar surface area (TPSA) is 97.9 Å². The van der Waals surface area contributed by atoms with E-state index in [-0.39, 0.29) is 18.0 Å². The summed E-state index contributed by atoms with van der Waals surface area (Å²) >= 11 is 3.32. The van der Waals surface area contributed by atoms with Crippen LogP contribution < -0.4 is 0 Å². The number of pyridine rings is 1. The van der Waals surface area contributed by atoms with Crippen molar-refractivity contribution in [3.05, 3.63) is 62.5 Å². The standard InChI is InChI=1S/C26H28N6O2S2/c1-14-25(36-16(3)28-14)22-13-35-24(29-22)11-19-5-4-18(12-27-19)26(33)32-20-6-7-21(32)9-17(8-20)10-23-31-30-15(2)34-23/h4-5,12-13,17,20-21H,6-11H2,1-3H3/t17?,20-,21+. The summed E-state index contributed by atoms with van der Waals surface area (Å²) in [4.78, 5) is 30.6. The molecule has 4 aromatic rings. The number of aromatic nitrogens is 5. The van der Waals surface area contributed by atoms with E-state index in [1.807, 2.05) is 32.9 Å². The Morgan fingerprint density at radius 2 is 1.92 bits per heavy atom. The molecule has 0 spiro atoms. The monoisotopic (exact) mass is 520 g/mol. The van der Waals surface area contributed by atoms with Crippen molar-refractivity contribution < 1.29 is 9.21 Å². The van der Waals surface area contributed by atoms with Crippen LogP contribution in [0.1, 0.15) is 69.2 Å². The van der Waals surface area contributed by atoms with E-state index in [2.05, 4.69) is 30.4 Å². The largest absolute Gasteiger partial charge is 0.426 e. The van der Waals surface area contributed by atoms with E-state index in [4.69, 9.17) is 9.40 Å². The summed E-state index contributed by atoms with van der Waals surface area (Å²) in [5.41, 5.74) is 3.59. The van der Waals surface area contributed by atoms with Gasteiger partial charge in [0, 0.05) is 49.1 Å². The molecule has 1 unspecified atom stereocenters. The van der Waals surface area contributed by atoms with Gasteiger partial charge in [0.15, 0.2) is 0 Å². The van der Waals surface area contributed by atoms with E-state index < -0.39 is 0 Å². The van der Waals surface area contributed by atoms with E-state index >= 15 is 0 Å². The third kappa shape index (κ3) is 4.59. The summed E-state index contributed by atoms with van der Waals surface area (Å²) in [5, 5.41) is 12.3. The van der Waals surface area contributed by atoms with Gasteiger partial charge in [-0.2, -0.15) is 0 Å². The highest BCUT2D eigenvalue weighted by Gasteiger charge is 2.43. The maximum absolute atomic E-state index is 13.4. The van der Waals surface area contributed by atoms with E-state index in [0.717, 1.165) is 64.1 Å². The highest BCUT2D eigenvalue weighted by Crippen LogP contribution is 2.40. The molecule has 6 heterocycles. The Labute approximate surface area is 217 Å². The number of rotatable bonds is 6. The van der Waals surface area contributed by atoms with Crippen LogP contribution in [0.2, 0.25) is 0 Å². The van der Waals surface area contributed by atoms with E-state index in [1.54, 1.807) is 28.9 Å². The van der Waals surface area contributed by atoms with Gasteiger partial charge in [-0.3, -0.25) is 9.78 Å². The minimum absolute atomic E-state index is 0.0983. The highest BCUT2D eigenvalue weighted by molar-refractivity contribution is 7.16. The Kier molecular flexibility index (Phi) is 6.17. The van der Waals surface area contributed by atoms with Crippen LogP contribution >= 0.6 is 22.7 Å². The molecule has 2 fully saturated rings. The molecular weight excluding hydrogens is 492 g/mol. The summed E-state index contributed by atoms with van der Waals surface area (Å²) in [5.74, 6) is 1.90. The lowest BCUT2D eigenvalue weighted by atomic mass is 9.87. The number of amides is 1. The molecule has 0 aromatic carbocycles. The lowest BCUT2D eigenvalue weighted by Gasteiger charge is -2.38. The van der Waals surface area contributed by atoms with E-state index in [1.165, 1.54) is 0 Å². The minimum atomic E-state index is 0.0983. The van der Waals surface area contributed by atoms with Crippen molar-refractivity contribution in [1.29, 1.82) is 0 Å². The smallest absolute Gasteiger partial charge is 0.255 e. The Hall–Kier alpha value is -2.98.